The predicted octanol–water partition coefficient (Wildman–Crippen LogP) is 2.58. The highest BCUT2D eigenvalue weighted by Crippen LogP contribution is 2.36. The highest BCUT2D eigenvalue weighted by Gasteiger charge is 2.28. The van der Waals surface area contributed by atoms with Crippen LogP contribution in [0.2, 0.25) is 0 Å². The summed E-state index contributed by atoms with van der Waals surface area (Å²) >= 11 is 0. The van der Waals surface area contributed by atoms with Crippen molar-refractivity contribution in [1.29, 1.82) is 0 Å². The minimum atomic E-state index is -1.04. The fourth-order valence-electron chi connectivity index (χ4n) is 2.26. The molecule has 1 aromatic carbocycles. The van der Waals surface area contributed by atoms with Crippen LogP contribution in [-0.4, -0.2) is 30.7 Å². The first-order valence-corrected chi connectivity index (χ1v) is 6.84. The number of nitrogens with one attached hydrogen (secondary N) is 1. The van der Waals surface area contributed by atoms with Crippen molar-refractivity contribution in [2.75, 3.05) is 18.5 Å². The van der Waals surface area contributed by atoms with Gasteiger partial charge in [0.2, 0.25) is 0 Å². The van der Waals surface area contributed by atoms with E-state index < -0.39 is 5.97 Å². The molecule has 5 heteroatoms. The summed E-state index contributed by atoms with van der Waals surface area (Å²) in [5, 5.41) is 12.0. The molecule has 0 aromatic heterocycles. The van der Waals surface area contributed by atoms with Crippen molar-refractivity contribution < 1.29 is 14.7 Å². The molecule has 108 valence electrons. The second kappa shape index (κ2) is 5.94. The number of carbonyl (C=O) groups excluding carboxylic acids is 1. The lowest BCUT2D eigenvalue weighted by atomic mass is 10.1. The van der Waals surface area contributed by atoms with Gasteiger partial charge in [-0.25, -0.2) is 9.59 Å². The molecule has 0 heterocycles. The number of para-hydroxylation sites is 1. The lowest BCUT2D eigenvalue weighted by molar-refractivity contribution is 0.0697. The Hall–Kier alpha value is -2.04. The van der Waals surface area contributed by atoms with Gasteiger partial charge in [0.05, 0.1) is 11.3 Å². The molecular formula is C15H20N2O3. The number of aromatic carboxylic acids is 1. The number of hydrogen-bond acceptors (Lipinski definition) is 2. The fourth-order valence-corrected chi connectivity index (χ4v) is 2.26. The van der Waals surface area contributed by atoms with E-state index in [-0.39, 0.29) is 11.6 Å². The number of benzene rings is 1. The van der Waals surface area contributed by atoms with Crippen LogP contribution in [-0.2, 0) is 0 Å². The molecule has 0 spiro atoms. The number of carboxylic acids is 1. The fraction of sp³-hybridized carbons (Fsp3) is 0.467. The zero-order valence-corrected chi connectivity index (χ0v) is 11.8. The van der Waals surface area contributed by atoms with Gasteiger partial charge in [-0.3, -0.25) is 4.90 Å². The minimum absolute atomic E-state index is 0.125. The van der Waals surface area contributed by atoms with Gasteiger partial charge in [-0.2, -0.15) is 0 Å². The van der Waals surface area contributed by atoms with Gasteiger partial charge in [0.15, 0.2) is 0 Å². The number of anilines is 1. The standard InChI is InChI=1S/C15H20N2O3/c1-10(11-7-8-11)9-16-15(20)17(2)13-6-4-3-5-12(13)14(18)19/h3-6,10-11H,7-9H2,1-2H3,(H,16,20)(H,18,19). The Labute approximate surface area is 118 Å². The van der Waals surface area contributed by atoms with Gasteiger partial charge in [-0.05, 0) is 36.8 Å². The first-order chi connectivity index (χ1) is 9.50. The first kappa shape index (κ1) is 14.4. The Bertz CT molecular complexity index is 512. The summed E-state index contributed by atoms with van der Waals surface area (Å²) in [6, 6.07) is 6.22. The Morgan fingerprint density at radius 2 is 2.05 bits per heavy atom. The van der Waals surface area contributed by atoms with Crippen LogP contribution in [0.15, 0.2) is 24.3 Å². The number of urea groups is 1. The smallest absolute Gasteiger partial charge is 0.337 e. The summed E-state index contributed by atoms with van der Waals surface area (Å²) in [4.78, 5) is 24.6. The second-order valence-electron chi connectivity index (χ2n) is 5.38. The van der Waals surface area contributed by atoms with Crippen LogP contribution in [0.3, 0.4) is 0 Å². The molecule has 0 saturated heterocycles. The summed E-state index contributed by atoms with van der Waals surface area (Å²) in [7, 11) is 1.58. The number of carboxylic acid groups (broad SMARTS) is 1. The second-order valence-corrected chi connectivity index (χ2v) is 5.38. The van der Waals surface area contributed by atoms with Gasteiger partial charge in [-0.15, -0.1) is 0 Å². The van der Waals surface area contributed by atoms with Gasteiger partial charge in [0, 0.05) is 13.6 Å². The topological polar surface area (TPSA) is 69.6 Å². The van der Waals surface area contributed by atoms with Gasteiger partial charge >= 0.3 is 12.0 Å². The molecule has 1 atom stereocenters. The Balaban J connectivity index is 2.00. The number of carbonyl (C=O) groups is 2. The number of nitrogens with zero attached hydrogens (tertiary/aromatic N) is 1. The third kappa shape index (κ3) is 3.29. The Morgan fingerprint density at radius 3 is 2.65 bits per heavy atom. The number of hydrogen-bond donors (Lipinski definition) is 2. The number of amides is 2. The van der Waals surface area contributed by atoms with Crippen LogP contribution in [0.4, 0.5) is 10.5 Å². The van der Waals surface area contributed by atoms with E-state index in [0.717, 1.165) is 5.92 Å². The molecule has 0 aliphatic heterocycles. The molecular weight excluding hydrogens is 256 g/mol. The van der Waals surface area contributed by atoms with Crippen molar-refractivity contribution in [2.45, 2.75) is 19.8 Å². The molecule has 1 saturated carbocycles. The Morgan fingerprint density at radius 1 is 1.40 bits per heavy atom. The summed E-state index contributed by atoms with van der Waals surface area (Å²) in [6.45, 7) is 2.76. The molecule has 5 nitrogen and oxygen atoms in total. The van der Waals surface area contributed by atoms with E-state index in [1.807, 2.05) is 0 Å². The van der Waals surface area contributed by atoms with Gasteiger partial charge < -0.3 is 10.4 Å². The summed E-state index contributed by atoms with van der Waals surface area (Å²) in [5.41, 5.74) is 0.525. The molecule has 1 unspecified atom stereocenters. The first-order valence-electron chi connectivity index (χ1n) is 6.84. The van der Waals surface area contributed by atoms with Crippen LogP contribution < -0.4 is 10.2 Å². The molecule has 2 N–H and O–H groups in total. The molecule has 1 aromatic rings. The molecule has 0 bridgehead atoms. The zero-order valence-electron chi connectivity index (χ0n) is 11.8. The SMILES string of the molecule is CC(CNC(=O)N(C)c1ccccc1C(=O)O)C1CC1. The van der Waals surface area contributed by atoms with Crippen LogP contribution in [0.25, 0.3) is 0 Å². The van der Waals surface area contributed by atoms with Gasteiger partial charge in [0.1, 0.15) is 0 Å². The van der Waals surface area contributed by atoms with Gasteiger partial charge in [-0.1, -0.05) is 19.1 Å². The van der Waals surface area contributed by atoms with Gasteiger partial charge in [0.25, 0.3) is 0 Å². The molecule has 2 amide bonds. The van der Waals surface area contributed by atoms with Crippen molar-refractivity contribution in [3.05, 3.63) is 29.8 Å². The molecule has 1 aliphatic rings. The maximum Gasteiger partial charge on any atom is 0.337 e. The predicted molar refractivity (Wildman–Crippen MR) is 77.1 cm³/mol. The van der Waals surface area contributed by atoms with E-state index in [1.165, 1.54) is 23.8 Å². The van der Waals surface area contributed by atoms with E-state index in [4.69, 9.17) is 5.11 Å². The zero-order chi connectivity index (χ0) is 14.7. The molecule has 20 heavy (non-hydrogen) atoms. The van der Waals surface area contributed by atoms with Crippen molar-refractivity contribution in [3.63, 3.8) is 0 Å². The highest BCUT2D eigenvalue weighted by atomic mass is 16.4. The Kier molecular flexibility index (Phi) is 4.27. The normalized spacial score (nSPS) is 15.5. The average molecular weight is 276 g/mol. The number of rotatable bonds is 5. The minimum Gasteiger partial charge on any atom is -0.478 e. The maximum absolute atomic E-state index is 12.1. The van der Waals surface area contributed by atoms with Crippen LogP contribution in [0.1, 0.15) is 30.1 Å². The third-order valence-corrected chi connectivity index (χ3v) is 3.80. The highest BCUT2D eigenvalue weighted by molar-refractivity contribution is 6.01. The van der Waals surface area contributed by atoms with Crippen LogP contribution in [0, 0.1) is 11.8 Å². The monoisotopic (exact) mass is 276 g/mol. The average Bonchev–Trinajstić information content (AvgIpc) is 3.28. The van der Waals surface area contributed by atoms with E-state index in [1.54, 1.807) is 25.2 Å². The van der Waals surface area contributed by atoms with Crippen molar-refractivity contribution in [1.82, 2.24) is 5.32 Å². The summed E-state index contributed by atoms with van der Waals surface area (Å²) in [6.07, 6.45) is 2.49. The lowest BCUT2D eigenvalue weighted by Crippen LogP contribution is -2.40. The maximum atomic E-state index is 12.1. The van der Waals surface area contributed by atoms with Crippen LogP contribution >= 0.6 is 0 Å². The van der Waals surface area contributed by atoms with Crippen LogP contribution in [0.5, 0.6) is 0 Å². The van der Waals surface area contributed by atoms with E-state index in [0.29, 0.717) is 18.2 Å². The third-order valence-electron chi connectivity index (χ3n) is 3.80. The van der Waals surface area contributed by atoms with Crippen molar-refractivity contribution in [3.8, 4) is 0 Å². The van der Waals surface area contributed by atoms with E-state index in [9.17, 15) is 9.59 Å². The molecule has 0 radical (unpaired) electrons. The quantitative estimate of drug-likeness (QED) is 0.868. The van der Waals surface area contributed by atoms with E-state index in [2.05, 4.69) is 12.2 Å². The van der Waals surface area contributed by atoms with Crippen molar-refractivity contribution in [2.24, 2.45) is 11.8 Å². The summed E-state index contributed by atoms with van der Waals surface area (Å²) < 4.78 is 0. The molecule has 2 rings (SSSR count). The largest absolute Gasteiger partial charge is 0.478 e. The molecule has 1 fully saturated rings. The summed E-state index contributed by atoms with van der Waals surface area (Å²) in [5.74, 6) is 0.167. The van der Waals surface area contributed by atoms with E-state index >= 15 is 0 Å². The molecule has 1 aliphatic carbocycles. The lowest BCUT2D eigenvalue weighted by Gasteiger charge is -2.21. The van der Waals surface area contributed by atoms with Crippen molar-refractivity contribution >= 4 is 17.7 Å².